The largest absolute Gasteiger partial charge is 0.417 e. The summed E-state index contributed by atoms with van der Waals surface area (Å²) in [5.74, 6) is -1.07. The molecule has 0 atom stereocenters. The standard InChI is InChI=1S/C29H22F3N3O2/c30-29(31,32)24-9-8-23(18-4-2-1-3-5-18)26(27(33)36)25(24)21-6-7-22-17-35(15-12-20(22)16-21)28(37)19-10-13-34-14-11-19/h1-11,13-14,16H,12,15,17H2,(H2,33,36). The third-order valence-electron chi connectivity index (χ3n) is 6.56. The number of amides is 2. The first-order valence-corrected chi connectivity index (χ1v) is 11.6. The van der Waals surface area contributed by atoms with Crippen LogP contribution < -0.4 is 5.73 Å². The second-order valence-corrected chi connectivity index (χ2v) is 8.83. The Hall–Kier alpha value is -4.46. The van der Waals surface area contributed by atoms with Gasteiger partial charge in [0, 0.05) is 36.6 Å². The van der Waals surface area contributed by atoms with Crippen LogP contribution in [0.25, 0.3) is 22.3 Å². The molecule has 1 aliphatic heterocycles. The quantitative estimate of drug-likeness (QED) is 0.388. The van der Waals surface area contributed by atoms with E-state index in [1.807, 2.05) is 0 Å². The van der Waals surface area contributed by atoms with Crippen LogP contribution in [0.1, 0.15) is 37.4 Å². The maximum absolute atomic E-state index is 14.2. The summed E-state index contributed by atoms with van der Waals surface area (Å²) in [4.78, 5) is 31.1. The summed E-state index contributed by atoms with van der Waals surface area (Å²) < 4.78 is 42.5. The predicted molar refractivity (Wildman–Crippen MR) is 134 cm³/mol. The lowest BCUT2D eigenvalue weighted by atomic mass is 9.85. The van der Waals surface area contributed by atoms with E-state index in [0.29, 0.717) is 36.2 Å². The number of halogens is 3. The molecule has 186 valence electrons. The van der Waals surface area contributed by atoms with Gasteiger partial charge in [-0.25, -0.2) is 0 Å². The first-order chi connectivity index (χ1) is 17.7. The molecular formula is C29H22F3N3O2. The van der Waals surface area contributed by atoms with Crippen LogP contribution in [-0.2, 0) is 19.1 Å². The van der Waals surface area contributed by atoms with Gasteiger partial charge < -0.3 is 10.6 Å². The van der Waals surface area contributed by atoms with Crippen LogP contribution in [-0.4, -0.2) is 28.2 Å². The average Bonchev–Trinajstić information content (AvgIpc) is 2.91. The van der Waals surface area contributed by atoms with Crippen LogP contribution in [0.4, 0.5) is 13.2 Å². The molecule has 37 heavy (non-hydrogen) atoms. The van der Waals surface area contributed by atoms with Crippen molar-refractivity contribution in [2.24, 2.45) is 5.73 Å². The van der Waals surface area contributed by atoms with E-state index in [9.17, 15) is 22.8 Å². The molecule has 4 aromatic rings. The first kappa shape index (κ1) is 24.2. The lowest BCUT2D eigenvalue weighted by Gasteiger charge is -2.29. The summed E-state index contributed by atoms with van der Waals surface area (Å²) >= 11 is 0. The van der Waals surface area contributed by atoms with E-state index in [1.165, 1.54) is 6.07 Å². The highest BCUT2D eigenvalue weighted by molar-refractivity contribution is 6.07. The molecule has 0 unspecified atom stereocenters. The van der Waals surface area contributed by atoms with Crippen molar-refractivity contribution >= 4 is 11.8 Å². The molecule has 2 amide bonds. The van der Waals surface area contributed by atoms with Crippen molar-refractivity contribution in [2.75, 3.05) is 6.54 Å². The van der Waals surface area contributed by atoms with E-state index < -0.39 is 17.6 Å². The van der Waals surface area contributed by atoms with Crippen molar-refractivity contribution in [1.29, 1.82) is 0 Å². The number of rotatable bonds is 4. The summed E-state index contributed by atoms with van der Waals surface area (Å²) in [5, 5.41) is 0. The zero-order valence-electron chi connectivity index (χ0n) is 19.6. The van der Waals surface area contributed by atoms with Gasteiger partial charge in [0.05, 0.1) is 11.1 Å². The molecule has 0 radical (unpaired) electrons. The Labute approximate surface area is 211 Å². The van der Waals surface area contributed by atoms with Crippen LogP contribution in [0.15, 0.2) is 85.2 Å². The molecular weight excluding hydrogens is 479 g/mol. The van der Waals surface area contributed by atoms with Gasteiger partial charge in [0.15, 0.2) is 0 Å². The Morgan fingerprint density at radius 3 is 2.27 bits per heavy atom. The second-order valence-electron chi connectivity index (χ2n) is 8.83. The molecule has 2 N–H and O–H groups in total. The number of aromatic nitrogens is 1. The predicted octanol–water partition coefficient (Wildman–Crippen LogP) is 5.73. The molecule has 5 nitrogen and oxygen atoms in total. The monoisotopic (exact) mass is 501 g/mol. The molecule has 5 rings (SSSR count). The Morgan fingerprint density at radius 2 is 1.59 bits per heavy atom. The summed E-state index contributed by atoms with van der Waals surface area (Å²) in [6, 6.07) is 19.3. The molecule has 0 spiro atoms. The molecule has 0 saturated carbocycles. The van der Waals surface area contributed by atoms with Gasteiger partial charge in [-0.15, -0.1) is 0 Å². The van der Waals surface area contributed by atoms with Gasteiger partial charge in [-0.05, 0) is 52.4 Å². The van der Waals surface area contributed by atoms with Crippen molar-refractivity contribution in [1.82, 2.24) is 9.88 Å². The third-order valence-corrected chi connectivity index (χ3v) is 6.56. The van der Waals surface area contributed by atoms with E-state index >= 15 is 0 Å². The SMILES string of the molecule is NC(=O)c1c(-c2ccccc2)ccc(C(F)(F)F)c1-c1ccc2c(c1)CCN(C(=O)c1ccncc1)C2. The smallest absolute Gasteiger partial charge is 0.366 e. The molecule has 0 aliphatic carbocycles. The van der Waals surface area contributed by atoms with Crippen LogP contribution >= 0.6 is 0 Å². The first-order valence-electron chi connectivity index (χ1n) is 11.6. The Bertz CT molecular complexity index is 1490. The molecule has 0 saturated heterocycles. The molecule has 8 heteroatoms. The highest BCUT2D eigenvalue weighted by atomic mass is 19.4. The van der Waals surface area contributed by atoms with Crippen LogP contribution in [0.2, 0.25) is 0 Å². The van der Waals surface area contributed by atoms with Crippen molar-refractivity contribution in [3.8, 4) is 22.3 Å². The fraction of sp³-hybridized carbons (Fsp3) is 0.138. The van der Waals surface area contributed by atoms with Crippen LogP contribution in [0, 0.1) is 0 Å². The summed E-state index contributed by atoms with van der Waals surface area (Å²) in [6.45, 7) is 0.742. The number of nitrogens with two attached hydrogens (primary N) is 1. The van der Waals surface area contributed by atoms with Gasteiger partial charge in [-0.2, -0.15) is 13.2 Å². The van der Waals surface area contributed by atoms with E-state index in [-0.39, 0.29) is 22.6 Å². The van der Waals surface area contributed by atoms with E-state index in [1.54, 1.807) is 78.0 Å². The summed E-state index contributed by atoms with van der Waals surface area (Å²) in [7, 11) is 0. The number of primary amides is 1. The number of nitrogens with zero attached hydrogens (tertiary/aromatic N) is 2. The minimum Gasteiger partial charge on any atom is -0.366 e. The van der Waals surface area contributed by atoms with Gasteiger partial charge in [0.2, 0.25) is 5.91 Å². The molecule has 2 heterocycles. The third kappa shape index (κ3) is 4.70. The second kappa shape index (κ2) is 9.54. The topological polar surface area (TPSA) is 76.3 Å². The zero-order valence-corrected chi connectivity index (χ0v) is 19.6. The number of pyridine rings is 1. The number of fused-ring (bicyclic) bond motifs is 1. The Kier molecular flexibility index (Phi) is 6.25. The lowest BCUT2D eigenvalue weighted by molar-refractivity contribution is -0.137. The van der Waals surface area contributed by atoms with E-state index in [0.717, 1.165) is 17.2 Å². The van der Waals surface area contributed by atoms with Gasteiger partial charge >= 0.3 is 6.18 Å². The maximum atomic E-state index is 14.2. The Balaban J connectivity index is 1.60. The summed E-state index contributed by atoms with van der Waals surface area (Å²) in [6.07, 6.45) is -1.13. The molecule has 1 aromatic heterocycles. The van der Waals surface area contributed by atoms with Gasteiger partial charge in [-0.3, -0.25) is 14.6 Å². The van der Waals surface area contributed by atoms with Crippen LogP contribution in [0.3, 0.4) is 0 Å². The maximum Gasteiger partial charge on any atom is 0.417 e. The highest BCUT2D eigenvalue weighted by Crippen LogP contribution is 2.43. The van der Waals surface area contributed by atoms with Gasteiger partial charge in [0.1, 0.15) is 0 Å². The molecule has 0 bridgehead atoms. The molecule has 1 aliphatic rings. The van der Waals surface area contributed by atoms with Crippen molar-refractivity contribution in [3.63, 3.8) is 0 Å². The van der Waals surface area contributed by atoms with Gasteiger partial charge in [0.25, 0.3) is 5.91 Å². The number of hydrogen-bond donors (Lipinski definition) is 1. The average molecular weight is 502 g/mol. The van der Waals surface area contributed by atoms with E-state index in [4.69, 9.17) is 5.73 Å². The molecule has 3 aromatic carbocycles. The minimum atomic E-state index is -4.70. The lowest BCUT2D eigenvalue weighted by Crippen LogP contribution is -2.36. The number of alkyl halides is 3. The van der Waals surface area contributed by atoms with Crippen LogP contribution in [0.5, 0.6) is 0 Å². The van der Waals surface area contributed by atoms with Crippen molar-refractivity contribution in [2.45, 2.75) is 19.1 Å². The number of carbonyl (C=O) groups excluding carboxylic acids is 2. The number of benzene rings is 3. The zero-order chi connectivity index (χ0) is 26.2. The summed E-state index contributed by atoms with van der Waals surface area (Å²) in [5.41, 5.74) is 7.72. The molecule has 0 fully saturated rings. The van der Waals surface area contributed by atoms with E-state index in [2.05, 4.69) is 4.98 Å². The fourth-order valence-electron chi connectivity index (χ4n) is 4.81. The number of carbonyl (C=O) groups is 2. The number of hydrogen-bond acceptors (Lipinski definition) is 3. The normalized spacial score (nSPS) is 13.2. The minimum absolute atomic E-state index is 0.136. The fourth-order valence-corrected chi connectivity index (χ4v) is 4.81. The Morgan fingerprint density at radius 1 is 0.865 bits per heavy atom. The van der Waals surface area contributed by atoms with Crippen molar-refractivity contribution in [3.05, 3.63) is 113 Å². The van der Waals surface area contributed by atoms with Crippen molar-refractivity contribution < 1.29 is 22.8 Å². The highest BCUT2D eigenvalue weighted by Gasteiger charge is 2.37. The van der Waals surface area contributed by atoms with Gasteiger partial charge in [-0.1, -0.05) is 54.6 Å².